The molecule has 8 nitrogen and oxygen atoms in total. The number of benzene rings is 2. The van der Waals surface area contributed by atoms with E-state index < -0.39 is 6.04 Å². The van der Waals surface area contributed by atoms with E-state index in [0.717, 1.165) is 60.8 Å². The molecule has 2 aromatic rings. The number of carbonyl (C=O) groups is 3. The highest BCUT2D eigenvalue weighted by Gasteiger charge is 2.43. The van der Waals surface area contributed by atoms with Gasteiger partial charge in [-0.1, -0.05) is 141 Å². The Hall–Kier alpha value is -4.07. The number of esters is 2. The molecule has 1 fully saturated rings. The number of ether oxygens (including phenoxy) is 2. The minimum Gasteiger partial charge on any atom is -0.508 e. The summed E-state index contributed by atoms with van der Waals surface area (Å²) in [7, 11) is 0. The summed E-state index contributed by atoms with van der Waals surface area (Å²) in [6, 6.07) is 13.7. The summed E-state index contributed by atoms with van der Waals surface area (Å²) in [6.45, 7) is 12.4. The Balaban J connectivity index is 0.000000439. The van der Waals surface area contributed by atoms with Gasteiger partial charge in [0.25, 0.3) is 0 Å². The van der Waals surface area contributed by atoms with Crippen LogP contribution in [0.4, 0.5) is 0 Å². The van der Waals surface area contributed by atoms with Crippen LogP contribution >= 0.6 is 0 Å². The zero-order chi connectivity index (χ0) is 40.4. The highest BCUT2D eigenvalue weighted by Crippen LogP contribution is 2.34. The normalized spacial score (nSPS) is 16.7. The zero-order valence-corrected chi connectivity index (χ0v) is 34.7. The molecule has 1 saturated heterocycles. The number of aromatic hydroxyl groups is 2. The van der Waals surface area contributed by atoms with E-state index in [9.17, 15) is 24.6 Å². The number of unbranched alkanes of at least 4 members (excludes halogenated alkanes) is 11. The van der Waals surface area contributed by atoms with E-state index in [1.54, 1.807) is 24.3 Å². The molecule has 0 bridgehead atoms. The second kappa shape index (κ2) is 27.5. The lowest BCUT2D eigenvalue weighted by Gasteiger charge is -2.37. The van der Waals surface area contributed by atoms with Crippen molar-refractivity contribution in [3.8, 4) is 11.5 Å². The van der Waals surface area contributed by atoms with Crippen molar-refractivity contribution in [2.24, 2.45) is 11.8 Å². The monoisotopic (exact) mass is 762 g/mol. The summed E-state index contributed by atoms with van der Waals surface area (Å²) < 4.78 is 11.4. The predicted molar refractivity (Wildman–Crippen MR) is 224 cm³/mol. The first-order valence-corrected chi connectivity index (χ1v) is 21.1. The average Bonchev–Trinajstić information content (AvgIpc) is 3.16. The van der Waals surface area contributed by atoms with Crippen molar-refractivity contribution in [2.45, 2.75) is 169 Å². The van der Waals surface area contributed by atoms with Gasteiger partial charge in [0, 0.05) is 6.42 Å². The number of carbonyl (C=O) groups excluding carboxylic acids is 3. The second-order valence-electron chi connectivity index (χ2n) is 15.3. The van der Waals surface area contributed by atoms with Gasteiger partial charge < -0.3 is 25.0 Å². The number of phenols is 2. The van der Waals surface area contributed by atoms with Crippen LogP contribution in [0, 0.1) is 11.8 Å². The first kappa shape index (κ1) is 47.1. The topological polar surface area (TPSA) is 122 Å². The predicted octanol–water partition coefficient (Wildman–Crippen LogP) is 11.5. The van der Waals surface area contributed by atoms with Crippen molar-refractivity contribution >= 4 is 29.5 Å². The van der Waals surface area contributed by atoms with Gasteiger partial charge in [0.05, 0.1) is 5.92 Å². The summed E-state index contributed by atoms with van der Waals surface area (Å²) in [5, 5.41) is 21.4. The molecular weight excluding hydrogens is 691 g/mol. The van der Waals surface area contributed by atoms with Gasteiger partial charge in [-0.2, -0.15) is 0 Å². The Labute approximate surface area is 332 Å². The lowest BCUT2D eigenvalue weighted by Crippen LogP contribution is -2.48. The van der Waals surface area contributed by atoms with Gasteiger partial charge in [0.2, 0.25) is 6.41 Å². The molecule has 0 unspecified atom stereocenters. The summed E-state index contributed by atoms with van der Waals surface area (Å²) in [5.41, 5.74) is 4.29. The Kier molecular flexibility index (Phi) is 23.5. The van der Waals surface area contributed by atoms with E-state index in [1.807, 2.05) is 52.0 Å². The molecule has 55 heavy (non-hydrogen) atoms. The molecule has 1 aliphatic heterocycles. The van der Waals surface area contributed by atoms with Crippen LogP contribution in [0.15, 0.2) is 60.7 Å². The van der Waals surface area contributed by atoms with E-state index in [-0.39, 0.29) is 47.5 Å². The van der Waals surface area contributed by atoms with Crippen molar-refractivity contribution in [3.05, 3.63) is 71.8 Å². The first-order valence-electron chi connectivity index (χ1n) is 21.1. The zero-order valence-electron chi connectivity index (χ0n) is 34.7. The molecule has 0 aliphatic carbocycles. The number of cyclic esters (lactones) is 1. The molecule has 306 valence electrons. The van der Waals surface area contributed by atoms with Crippen LogP contribution in [0.5, 0.6) is 11.5 Å². The molecule has 4 atom stereocenters. The van der Waals surface area contributed by atoms with E-state index in [0.29, 0.717) is 19.3 Å². The summed E-state index contributed by atoms with van der Waals surface area (Å²) in [5.74, 6) is 0.218. The van der Waals surface area contributed by atoms with Crippen LogP contribution < -0.4 is 5.32 Å². The van der Waals surface area contributed by atoms with Crippen LogP contribution in [0.25, 0.3) is 11.1 Å². The van der Waals surface area contributed by atoms with Gasteiger partial charge >= 0.3 is 11.9 Å². The van der Waals surface area contributed by atoms with Gasteiger partial charge in [-0.25, -0.2) is 4.79 Å². The maximum Gasteiger partial charge on any atom is 0.328 e. The van der Waals surface area contributed by atoms with Gasteiger partial charge in [0.15, 0.2) is 0 Å². The van der Waals surface area contributed by atoms with E-state index >= 15 is 0 Å². The number of hydrogen-bond donors (Lipinski definition) is 3. The fraction of sp³-hybridized carbons (Fsp3) is 0.596. The Bertz CT molecular complexity index is 1370. The molecule has 0 aromatic heterocycles. The van der Waals surface area contributed by atoms with Gasteiger partial charge in [0.1, 0.15) is 29.7 Å². The molecule has 3 rings (SSSR count). The summed E-state index contributed by atoms with van der Waals surface area (Å²) >= 11 is 0. The third-order valence-electron chi connectivity index (χ3n) is 10.3. The molecule has 8 heteroatoms. The molecule has 2 aromatic carbocycles. The number of rotatable bonds is 26. The van der Waals surface area contributed by atoms with Crippen molar-refractivity contribution in [2.75, 3.05) is 0 Å². The summed E-state index contributed by atoms with van der Waals surface area (Å²) in [6.07, 6.45) is 22.6. The smallest absolute Gasteiger partial charge is 0.328 e. The third kappa shape index (κ3) is 18.0. The molecule has 3 N–H and O–H groups in total. The SMILES string of the molecule is C/C=C(/C(=C/C)c1ccc(O)cc1)c1ccc(O)cc1.CCCCCCCCCCC[C@@H](C[C@@H]1OC(=O)[C@H]1CCCCCC)OC(=O)[C@H](CC(C)C)NC=O. The molecule has 1 aliphatic rings. The highest BCUT2D eigenvalue weighted by atomic mass is 16.6. The molecular formula is C47H71NO7. The Morgan fingerprint density at radius 1 is 0.764 bits per heavy atom. The molecule has 0 spiro atoms. The molecule has 0 saturated carbocycles. The lowest BCUT2D eigenvalue weighted by atomic mass is 9.86. The van der Waals surface area contributed by atoms with Crippen molar-refractivity contribution in [1.82, 2.24) is 5.32 Å². The lowest BCUT2D eigenvalue weighted by molar-refractivity contribution is -0.190. The standard InChI is InChI=1S/C29H53NO5.C18H18O2/c1-5-7-9-11-12-13-14-15-16-18-24(34-29(33)26(30-22-31)20-23(3)4)21-27-25(28(32)35-27)19-17-10-8-6-2;1-3-17(13-5-9-15(19)10-6-13)18(4-2)14-7-11-16(20)12-8-14/h22-27H,5-21H2,1-4H3,(H,30,31);3-12,19-20H,1-2H3/b;17-3+,18-4+/t24-,25-,26-,27-;/m0./s1. The summed E-state index contributed by atoms with van der Waals surface area (Å²) in [4.78, 5) is 36.0. The Morgan fingerprint density at radius 3 is 1.67 bits per heavy atom. The highest BCUT2D eigenvalue weighted by molar-refractivity contribution is 6.04. The fourth-order valence-electron chi connectivity index (χ4n) is 7.14. The molecule has 1 amide bonds. The molecule has 0 radical (unpaired) electrons. The van der Waals surface area contributed by atoms with E-state index in [2.05, 4.69) is 31.3 Å². The number of phenolic OH excluding ortho intramolecular Hbond substituents is 2. The fourth-order valence-corrected chi connectivity index (χ4v) is 7.14. The van der Waals surface area contributed by atoms with Crippen molar-refractivity contribution < 1.29 is 34.1 Å². The molecule has 1 heterocycles. The van der Waals surface area contributed by atoms with E-state index in [1.165, 1.54) is 57.8 Å². The van der Waals surface area contributed by atoms with Crippen LogP contribution in [0.3, 0.4) is 0 Å². The quantitative estimate of drug-likeness (QED) is 0.0377. The van der Waals surface area contributed by atoms with Crippen molar-refractivity contribution in [1.29, 1.82) is 0 Å². The minimum atomic E-state index is -0.632. The minimum absolute atomic E-state index is 0.0734. The van der Waals surface area contributed by atoms with Crippen LogP contribution in [-0.4, -0.2) is 46.8 Å². The van der Waals surface area contributed by atoms with Crippen LogP contribution in [-0.2, 0) is 23.9 Å². The number of allylic oxidation sites excluding steroid dienone is 4. The number of nitrogens with one attached hydrogen (secondary N) is 1. The maximum atomic E-state index is 12.9. The number of hydrogen-bond acceptors (Lipinski definition) is 7. The largest absolute Gasteiger partial charge is 0.508 e. The van der Waals surface area contributed by atoms with Gasteiger partial charge in [-0.05, 0) is 92.0 Å². The first-order chi connectivity index (χ1) is 26.6. The Morgan fingerprint density at radius 2 is 1.24 bits per heavy atom. The van der Waals surface area contributed by atoms with Crippen LogP contribution in [0.1, 0.15) is 162 Å². The number of amides is 1. The van der Waals surface area contributed by atoms with Crippen LogP contribution in [0.2, 0.25) is 0 Å². The maximum absolute atomic E-state index is 12.9. The second-order valence-corrected chi connectivity index (χ2v) is 15.3. The average molecular weight is 762 g/mol. The van der Waals surface area contributed by atoms with Gasteiger partial charge in [-0.15, -0.1) is 0 Å². The third-order valence-corrected chi connectivity index (χ3v) is 10.3. The van der Waals surface area contributed by atoms with Crippen molar-refractivity contribution in [3.63, 3.8) is 0 Å². The van der Waals surface area contributed by atoms with Gasteiger partial charge in [-0.3, -0.25) is 9.59 Å². The van der Waals surface area contributed by atoms with E-state index in [4.69, 9.17) is 9.47 Å².